The normalized spacial score (nSPS) is 20.0. The Bertz CT molecular complexity index is 454. The molecule has 1 fully saturated rings. The molecular formula is C20H33F2N. The molecule has 3 heteroatoms. The van der Waals surface area contributed by atoms with Crippen LogP contribution in [-0.4, -0.2) is 12.1 Å². The molecule has 0 spiro atoms. The minimum atomic E-state index is -2.48. The number of allylic oxidation sites excluding steroid dienone is 4. The second-order valence-electron chi connectivity index (χ2n) is 7.07. The van der Waals surface area contributed by atoms with Gasteiger partial charge in [0.15, 0.2) is 0 Å². The Labute approximate surface area is 141 Å². The highest BCUT2D eigenvalue weighted by Crippen LogP contribution is 2.50. The second-order valence-corrected chi connectivity index (χ2v) is 7.07. The molecule has 2 atom stereocenters. The Kier molecular flexibility index (Phi) is 9.26. The molecule has 0 N–H and O–H groups in total. The van der Waals surface area contributed by atoms with Crippen LogP contribution in [0.1, 0.15) is 60.8 Å². The van der Waals surface area contributed by atoms with Crippen LogP contribution in [-0.2, 0) is 0 Å². The number of hydrogen-bond donors (Lipinski definition) is 0. The van der Waals surface area contributed by atoms with Gasteiger partial charge in [-0.05, 0) is 44.9 Å². The Hall–Kier alpha value is -1.25. The first-order valence-corrected chi connectivity index (χ1v) is 8.39. The number of rotatable bonds is 7. The van der Waals surface area contributed by atoms with Crippen molar-refractivity contribution in [1.82, 2.24) is 0 Å². The predicted octanol–water partition coefficient (Wildman–Crippen LogP) is 6.83. The summed E-state index contributed by atoms with van der Waals surface area (Å²) >= 11 is 0. The molecule has 0 aliphatic heterocycles. The molecule has 23 heavy (non-hydrogen) atoms. The Morgan fingerprint density at radius 2 is 1.83 bits per heavy atom. The van der Waals surface area contributed by atoms with Crippen LogP contribution >= 0.6 is 0 Å². The number of nitrogens with zero attached hydrogens (tertiary/aromatic N) is 1. The monoisotopic (exact) mass is 325 g/mol. The van der Waals surface area contributed by atoms with Crippen LogP contribution in [0.4, 0.5) is 8.78 Å². The quantitative estimate of drug-likeness (QED) is 0.359. The average Bonchev–Trinajstić information content (AvgIpc) is 3.15. The maximum Gasteiger partial charge on any atom is 0.248 e. The van der Waals surface area contributed by atoms with E-state index in [2.05, 4.69) is 32.0 Å². The summed E-state index contributed by atoms with van der Waals surface area (Å²) in [4.78, 5) is 4.00. The van der Waals surface area contributed by atoms with Crippen molar-refractivity contribution >= 4 is 6.21 Å². The van der Waals surface area contributed by atoms with E-state index in [-0.39, 0.29) is 18.8 Å². The fraction of sp³-hybridized carbons (Fsp3) is 0.650. The molecule has 0 aromatic rings. The van der Waals surface area contributed by atoms with Crippen molar-refractivity contribution in [3.63, 3.8) is 0 Å². The molecule has 0 radical (unpaired) electrons. The molecule has 0 amide bonds. The largest absolute Gasteiger partial charge is 0.266 e. The van der Waals surface area contributed by atoms with Crippen molar-refractivity contribution < 1.29 is 8.78 Å². The molecule has 1 nitrogen and oxygen atoms in total. The highest BCUT2D eigenvalue weighted by atomic mass is 19.3. The first-order chi connectivity index (χ1) is 10.5. The van der Waals surface area contributed by atoms with Gasteiger partial charge in [0.25, 0.3) is 0 Å². The number of halogens is 2. The van der Waals surface area contributed by atoms with Crippen LogP contribution in [0.3, 0.4) is 0 Å². The SMILES string of the molecule is C=C(C)N=CC(C)C.C=C(C=C(C)C)C1C[C@@H]1CC(F)(F)CC. The third kappa shape index (κ3) is 11.0. The van der Waals surface area contributed by atoms with E-state index in [4.69, 9.17) is 0 Å². The fourth-order valence-electron chi connectivity index (χ4n) is 2.21. The average molecular weight is 325 g/mol. The molecule has 1 saturated carbocycles. The molecule has 132 valence electrons. The van der Waals surface area contributed by atoms with Gasteiger partial charge in [0, 0.05) is 24.8 Å². The van der Waals surface area contributed by atoms with Crippen molar-refractivity contribution in [2.45, 2.75) is 66.7 Å². The zero-order valence-electron chi connectivity index (χ0n) is 15.6. The minimum Gasteiger partial charge on any atom is -0.266 e. The van der Waals surface area contributed by atoms with E-state index in [1.165, 1.54) is 5.57 Å². The van der Waals surface area contributed by atoms with E-state index in [9.17, 15) is 8.78 Å². The maximum atomic E-state index is 13.1. The highest BCUT2D eigenvalue weighted by molar-refractivity contribution is 5.60. The molecule has 1 rings (SSSR count). The summed E-state index contributed by atoms with van der Waals surface area (Å²) in [5.74, 6) is -1.49. The van der Waals surface area contributed by atoms with Gasteiger partial charge in [-0.15, -0.1) is 0 Å². The molecule has 1 unspecified atom stereocenters. The topological polar surface area (TPSA) is 12.4 Å². The Balaban J connectivity index is 0.000000515. The molecule has 0 aromatic carbocycles. The summed E-state index contributed by atoms with van der Waals surface area (Å²) in [6.45, 7) is 19.2. The first kappa shape index (κ1) is 21.8. The van der Waals surface area contributed by atoms with E-state index in [1.54, 1.807) is 6.92 Å². The van der Waals surface area contributed by atoms with Crippen molar-refractivity contribution in [2.24, 2.45) is 22.7 Å². The highest BCUT2D eigenvalue weighted by Gasteiger charge is 2.44. The van der Waals surface area contributed by atoms with E-state index in [0.29, 0.717) is 11.8 Å². The lowest BCUT2D eigenvalue weighted by Gasteiger charge is -2.13. The van der Waals surface area contributed by atoms with Gasteiger partial charge in [0.05, 0.1) is 0 Å². The second kappa shape index (κ2) is 9.79. The number of alkyl halides is 2. The zero-order chi connectivity index (χ0) is 18.2. The maximum absolute atomic E-state index is 13.1. The molecule has 1 aliphatic rings. The van der Waals surface area contributed by atoms with Crippen LogP contribution in [0.2, 0.25) is 0 Å². The van der Waals surface area contributed by atoms with Crippen LogP contribution in [0.25, 0.3) is 0 Å². The molecule has 0 saturated heterocycles. The lowest BCUT2D eigenvalue weighted by atomic mass is 10.0. The summed E-state index contributed by atoms with van der Waals surface area (Å²) in [5, 5.41) is 0. The predicted molar refractivity (Wildman–Crippen MR) is 98.2 cm³/mol. The van der Waals surface area contributed by atoms with E-state index >= 15 is 0 Å². The van der Waals surface area contributed by atoms with Crippen molar-refractivity contribution in [1.29, 1.82) is 0 Å². The molecule has 0 heterocycles. The van der Waals surface area contributed by atoms with Gasteiger partial charge in [0.1, 0.15) is 0 Å². The zero-order valence-corrected chi connectivity index (χ0v) is 15.6. The van der Waals surface area contributed by atoms with Crippen LogP contribution in [0.15, 0.2) is 41.1 Å². The minimum absolute atomic E-state index is 0.0315. The van der Waals surface area contributed by atoms with Gasteiger partial charge in [0.2, 0.25) is 5.92 Å². The first-order valence-electron chi connectivity index (χ1n) is 8.39. The number of aliphatic imine (C=N–C) groups is 1. The summed E-state index contributed by atoms with van der Waals surface area (Å²) in [5.41, 5.74) is 3.08. The summed E-state index contributed by atoms with van der Waals surface area (Å²) in [7, 11) is 0. The van der Waals surface area contributed by atoms with Crippen LogP contribution in [0.5, 0.6) is 0 Å². The molecular weight excluding hydrogens is 292 g/mol. The van der Waals surface area contributed by atoms with E-state index < -0.39 is 5.92 Å². The van der Waals surface area contributed by atoms with Gasteiger partial charge < -0.3 is 0 Å². The lowest BCUT2D eigenvalue weighted by molar-refractivity contribution is -0.0175. The van der Waals surface area contributed by atoms with Crippen molar-refractivity contribution in [3.05, 3.63) is 36.1 Å². The summed E-state index contributed by atoms with van der Waals surface area (Å²) < 4.78 is 26.2. The standard InChI is InChI=1S/C13H20F2.C7H13N/c1-5-13(14,15)8-11-7-12(11)10(4)6-9(2)3;1-6(2)5-8-7(3)4/h6,11-12H,4-5,7-8H2,1-3H3;5-6H,3H2,1-2,4H3/t11-,12?;/m1./s1. The van der Waals surface area contributed by atoms with Gasteiger partial charge in [-0.25, -0.2) is 8.78 Å². The van der Waals surface area contributed by atoms with Crippen LogP contribution in [0, 0.1) is 17.8 Å². The van der Waals surface area contributed by atoms with E-state index in [1.807, 2.05) is 33.1 Å². The van der Waals surface area contributed by atoms with Crippen molar-refractivity contribution in [2.75, 3.05) is 0 Å². The Morgan fingerprint density at radius 3 is 2.17 bits per heavy atom. The van der Waals surface area contributed by atoms with E-state index in [0.717, 1.165) is 17.7 Å². The fourth-order valence-corrected chi connectivity index (χ4v) is 2.21. The van der Waals surface area contributed by atoms with Gasteiger partial charge >= 0.3 is 0 Å². The third-order valence-electron chi connectivity index (χ3n) is 3.54. The smallest absolute Gasteiger partial charge is 0.248 e. The molecule has 0 aromatic heterocycles. The lowest BCUT2D eigenvalue weighted by Crippen LogP contribution is -2.15. The summed E-state index contributed by atoms with van der Waals surface area (Å²) in [6, 6.07) is 0. The van der Waals surface area contributed by atoms with Gasteiger partial charge in [-0.1, -0.05) is 51.2 Å². The summed E-state index contributed by atoms with van der Waals surface area (Å²) in [6.07, 6.45) is 4.77. The Morgan fingerprint density at radius 1 is 1.26 bits per heavy atom. The molecule has 0 bridgehead atoms. The van der Waals surface area contributed by atoms with Crippen LogP contribution < -0.4 is 0 Å². The number of hydrogen-bond acceptors (Lipinski definition) is 1. The van der Waals surface area contributed by atoms with Crippen molar-refractivity contribution in [3.8, 4) is 0 Å². The van der Waals surface area contributed by atoms with Gasteiger partial charge in [-0.3, -0.25) is 4.99 Å². The van der Waals surface area contributed by atoms with Gasteiger partial charge in [-0.2, -0.15) is 0 Å². The third-order valence-corrected chi connectivity index (χ3v) is 3.54. The molecule has 1 aliphatic carbocycles.